The third kappa shape index (κ3) is 4.99. The van der Waals surface area contributed by atoms with Crippen molar-refractivity contribution < 1.29 is 8.78 Å². The monoisotopic (exact) mass is 470 g/mol. The van der Waals surface area contributed by atoms with Crippen LogP contribution < -0.4 is 10.2 Å². The van der Waals surface area contributed by atoms with Crippen LogP contribution in [-0.2, 0) is 6.54 Å². The number of hydrogen-bond acceptors (Lipinski definition) is 7. The van der Waals surface area contributed by atoms with Crippen molar-refractivity contribution in [2.75, 3.05) is 36.4 Å². The van der Waals surface area contributed by atoms with E-state index in [0.717, 1.165) is 36.5 Å². The number of piperidine rings is 2. The number of nitrogens with zero attached hydrogens (tertiary/aromatic N) is 5. The van der Waals surface area contributed by atoms with Crippen LogP contribution in [0.2, 0.25) is 0 Å². The molecule has 1 aromatic carbocycles. The number of likely N-dealkylation sites (tertiary alicyclic amines) is 1. The first kappa shape index (κ1) is 22.2. The molecule has 6 nitrogen and oxygen atoms in total. The number of thiazole rings is 1. The molecule has 174 valence electrons. The van der Waals surface area contributed by atoms with Crippen molar-refractivity contribution in [1.29, 1.82) is 0 Å². The Balaban J connectivity index is 1.34. The van der Waals surface area contributed by atoms with Crippen molar-refractivity contribution in [3.63, 3.8) is 0 Å². The fourth-order valence-electron chi connectivity index (χ4n) is 4.76. The number of rotatable bonds is 6. The van der Waals surface area contributed by atoms with Crippen molar-refractivity contribution in [1.82, 2.24) is 19.9 Å². The van der Waals surface area contributed by atoms with Crippen LogP contribution in [0.4, 0.5) is 20.5 Å². The van der Waals surface area contributed by atoms with E-state index in [1.54, 1.807) is 12.4 Å². The molecule has 5 rings (SSSR count). The summed E-state index contributed by atoms with van der Waals surface area (Å²) in [6.45, 7) is 4.22. The molecule has 4 heterocycles. The number of aromatic nitrogens is 3. The highest BCUT2D eigenvalue weighted by Gasteiger charge is 2.27. The minimum Gasteiger partial charge on any atom is -0.365 e. The van der Waals surface area contributed by atoms with Gasteiger partial charge in [-0.1, -0.05) is 12.5 Å². The lowest BCUT2D eigenvalue weighted by atomic mass is 10.0. The van der Waals surface area contributed by atoms with E-state index in [2.05, 4.69) is 25.1 Å². The Morgan fingerprint density at radius 2 is 1.76 bits per heavy atom. The predicted octanol–water partition coefficient (Wildman–Crippen LogP) is 4.95. The van der Waals surface area contributed by atoms with Crippen LogP contribution in [0.5, 0.6) is 0 Å². The van der Waals surface area contributed by atoms with Crippen LogP contribution in [0.15, 0.2) is 36.0 Å². The Hall–Kier alpha value is -2.65. The Morgan fingerprint density at radius 1 is 1.00 bits per heavy atom. The lowest BCUT2D eigenvalue weighted by molar-refractivity contribution is 0.141. The van der Waals surface area contributed by atoms with Gasteiger partial charge < -0.3 is 15.1 Å². The van der Waals surface area contributed by atoms with Gasteiger partial charge in [0.25, 0.3) is 0 Å². The molecule has 2 aromatic heterocycles. The van der Waals surface area contributed by atoms with Crippen LogP contribution in [0.25, 0.3) is 10.6 Å². The maximum absolute atomic E-state index is 14.2. The SMILES string of the molecule is Fc1cccc(F)c1CNc1nc(N2CCC(N3CCCCC3)CC2)ncc1-c1nccs1. The molecule has 0 radical (unpaired) electrons. The molecule has 3 aromatic rings. The first-order valence-electron chi connectivity index (χ1n) is 11.6. The third-order valence-electron chi connectivity index (χ3n) is 6.59. The smallest absolute Gasteiger partial charge is 0.227 e. The standard InChI is InChI=1S/C24H28F2N6S/c25-20-5-4-6-21(26)18(20)15-28-22-19(23-27-9-14-33-23)16-29-24(30-22)32-12-7-17(8-13-32)31-10-2-1-3-11-31/h4-6,9,14,16-17H,1-3,7-8,10-13,15H2,(H,28,29,30). The van der Waals surface area contributed by atoms with Gasteiger partial charge in [-0.15, -0.1) is 11.3 Å². The van der Waals surface area contributed by atoms with E-state index in [0.29, 0.717) is 17.8 Å². The Labute approximate surface area is 196 Å². The van der Waals surface area contributed by atoms with Gasteiger partial charge in [-0.25, -0.2) is 18.7 Å². The molecule has 0 aliphatic carbocycles. The van der Waals surface area contributed by atoms with Crippen LogP contribution in [0.1, 0.15) is 37.7 Å². The molecular formula is C24H28F2N6S. The van der Waals surface area contributed by atoms with Crippen LogP contribution in [0.3, 0.4) is 0 Å². The number of nitrogens with one attached hydrogen (secondary N) is 1. The fourth-order valence-corrected chi connectivity index (χ4v) is 5.41. The molecule has 2 fully saturated rings. The van der Waals surface area contributed by atoms with Gasteiger partial charge in [-0.05, 0) is 50.9 Å². The molecule has 33 heavy (non-hydrogen) atoms. The fraction of sp³-hybridized carbons (Fsp3) is 0.458. The quantitative estimate of drug-likeness (QED) is 0.551. The summed E-state index contributed by atoms with van der Waals surface area (Å²) in [5.41, 5.74) is 0.721. The first-order chi connectivity index (χ1) is 16.2. The lowest BCUT2D eigenvalue weighted by Crippen LogP contribution is -2.47. The van der Waals surface area contributed by atoms with Gasteiger partial charge in [-0.3, -0.25) is 0 Å². The second-order valence-electron chi connectivity index (χ2n) is 8.64. The molecule has 9 heteroatoms. The molecule has 2 aliphatic heterocycles. The summed E-state index contributed by atoms with van der Waals surface area (Å²) >= 11 is 1.48. The van der Waals surface area contributed by atoms with Crippen LogP contribution >= 0.6 is 11.3 Å². The van der Waals surface area contributed by atoms with Crippen molar-refractivity contribution >= 4 is 23.1 Å². The Morgan fingerprint density at radius 3 is 2.45 bits per heavy atom. The largest absolute Gasteiger partial charge is 0.365 e. The minimum absolute atomic E-state index is 0.00917. The number of anilines is 2. The summed E-state index contributed by atoms with van der Waals surface area (Å²) in [5.74, 6) is 0.0272. The van der Waals surface area contributed by atoms with Crippen molar-refractivity contribution in [2.24, 2.45) is 0 Å². The zero-order chi connectivity index (χ0) is 22.6. The molecule has 0 atom stereocenters. The maximum Gasteiger partial charge on any atom is 0.227 e. The summed E-state index contributed by atoms with van der Waals surface area (Å²) in [6.07, 6.45) is 9.64. The van der Waals surface area contributed by atoms with Gasteiger partial charge in [0.2, 0.25) is 5.95 Å². The third-order valence-corrected chi connectivity index (χ3v) is 7.39. The number of benzene rings is 1. The molecule has 1 N–H and O–H groups in total. The lowest BCUT2D eigenvalue weighted by Gasteiger charge is -2.40. The van der Waals surface area contributed by atoms with Gasteiger partial charge in [0.05, 0.1) is 5.56 Å². The highest BCUT2D eigenvalue weighted by atomic mass is 32.1. The summed E-state index contributed by atoms with van der Waals surface area (Å²) in [7, 11) is 0. The van der Waals surface area contributed by atoms with Gasteiger partial charge in [0, 0.05) is 49.0 Å². The minimum atomic E-state index is -0.577. The average molecular weight is 471 g/mol. The second-order valence-corrected chi connectivity index (χ2v) is 9.53. The van der Waals surface area contributed by atoms with Crippen molar-refractivity contribution in [3.8, 4) is 10.6 Å². The molecule has 0 amide bonds. The zero-order valence-electron chi connectivity index (χ0n) is 18.5. The van der Waals surface area contributed by atoms with E-state index in [1.165, 1.54) is 61.9 Å². The summed E-state index contributed by atoms with van der Waals surface area (Å²) < 4.78 is 28.3. The molecule has 2 aliphatic rings. The Bertz CT molecular complexity index is 1040. The molecule has 0 bridgehead atoms. The van der Waals surface area contributed by atoms with E-state index in [4.69, 9.17) is 4.98 Å². The van der Waals surface area contributed by atoms with Gasteiger partial charge >= 0.3 is 0 Å². The van der Waals surface area contributed by atoms with Gasteiger partial charge in [-0.2, -0.15) is 4.98 Å². The van der Waals surface area contributed by atoms with E-state index >= 15 is 0 Å². The van der Waals surface area contributed by atoms with Crippen LogP contribution in [0, 0.1) is 11.6 Å². The summed E-state index contributed by atoms with van der Waals surface area (Å²) in [4.78, 5) is 18.6. The second kappa shape index (κ2) is 10.1. The van der Waals surface area contributed by atoms with Gasteiger partial charge in [0.1, 0.15) is 22.5 Å². The molecule has 0 saturated carbocycles. The molecule has 2 saturated heterocycles. The highest BCUT2D eigenvalue weighted by Crippen LogP contribution is 2.31. The molecular weight excluding hydrogens is 442 g/mol. The average Bonchev–Trinajstić information content (AvgIpc) is 3.39. The molecule has 0 unspecified atom stereocenters. The first-order valence-corrected chi connectivity index (χ1v) is 12.5. The van der Waals surface area contributed by atoms with E-state index < -0.39 is 11.6 Å². The predicted molar refractivity (Wildman–Crippen MR) is 127 cm³/mol. The summed E-state index contributed by atoms with van der Waals surface area (Å²) in [5, 5.41) is 5.79. The van der Waals surface area contributed by atoms with Gasteiger partial charge in [0.15, 0.2) is 0 Å². The number of halogens is 2. The molecule has 0 spiro atoms. The van der Waals surface area contributed by atoms with Crippen LogP contribution in [-0.4, -0.2) is 52.1 Å². The van der Waals surface area contributed by atoms with E-state index in [1.807, 2.05) is 5.38 Å². The zero-order valence-corrected chi connectivity index (χ0v) is 19.3. The normalized spacial score (nSPS) is 17.9. The number of hydrogen-bond donors (Lipinski definition) is 1. The van der Waals surface area contributed by atoms with Crippen molar-refractivity contribution in [2.45, 2.75) is 44.7 Å². The van der Waals surface area contributed by atoms with E-state index in [9.17, 15) is 8.78 Å². The van der Waals surface area contributed by atoms with E-state index in [-0.39, 0.29) is 12.1 Å². The maximum atomic E-state index is 14.2. The summed E-state index contributed by atoms with van der Waals surface area (Å²) in [6, 6.07) is 4.53. The van der Waals surface area contributed by atoms with Crippen molar-refractivity contribution in [3.05, 3.63) is 53.2 Å². The highest BCUT2D eigenvalue weighted by molar-refractivity contribution is 7.13. The Kier molecular flexibility index (Phi) is 6.78. The topological polar surface area (TPSA) is 57.2 Å².